The number of aliphatic imine (C=N–C) groups is 1. The van der Waals surface area contributed by atoms with Gasteiger partial charge in [0.25, 0.3) is 0 Å². The van der Waals surface area contributed by atoms with Gasteiger partial charge < -0.3 is 10.2 Å². The Morgan fingerprint density at radius 2 is 2.11 bits per heavy atom. The number of rotatable bonds is 3. The minimum Gasteiger partial charge on any atom is -0.353 e. The van der Waals surface area contributed by atoms with Gasteiger partial charge in [-0.15, -0.1) is 11.3 Å². The van der Waals surface area contributed by atoms with Crippen LogP contribution in [0.4, 0.5) is 5.00 Å². The van der Waals surface area contributed by atoms with Crippen molar-refractivity contribution in [3.05, 3.63) is 50.3 Å². The van der Waals surface area contributed by atoms with Crippen molar-refractivity contribution >= 4 is 33.5 Å². The lowest BCUT2D eigenvalue weighted by Gasteiger charge is -2.41. The standard InChI is InChI=1S/C21H28N4S2/c1-14-11-19-20(22-15(2)16(3)23-21(19)27-14)25-9-8-24(4)18(12-25)6-5-17-7-10-26-13-17/h7,10-11,13,18,23H,5-6,8-9,12H2,1-4H3. The summed E-state index contributed by atoms with van der Waals surface area (Å²) in [5, 5.41) is 9.26. The number of piperazine rings is 1. The highest BCUT2D eigenvalue weighted by Gasteiger charge is 2.29. The highest BCUT2D eigenvalue weighted by Crippen LogP contribution is 2.33. The van der Waals surface area contributed by atoms with Crippen LogP contribution < -0.4 is 5.32 Å². The highest BCUT2D eigenvalue weighted by atomic mass is 32.1. The number of nitrogens with one attached hydrogen (secondary N) is 1. The normalized spacial score (nSPS) is 21.0. The van der Waals surface area contributed by atoms with Gasteiger partial charge in [-0.25, -0.2) is 4.99 Å². The van der Waals surface area contributed by atoms with E-state index in [-0.39, 0.29) is 0 Å². The Bertz CT molecular complexity index is 863. The molecule has 6 heteroatoms. The second kappa shape index (κ2) is 7.78. The number of aryl methyl sites for hydroxylation is 2. The van der Waals surface area contributed by atoms with Crippen molar-refractivity contribution in [1.29, 1.82) is 0 Å². The third kappa shape index (κ3) is 3.98. The number of thiophene rings is 2. The SMILES string of the molecule is CC1=C(C)Nc2sc(C)cc2C(N2CCN(C)C(CCc3ccsc3)C2)=N1. The zero-order chi connectivity index (χ0) is 19.0. The molecule has 2 aromatic rings. The molecule has 1 fully saturated rings. The Hall–Kier alpha value is -1.63. The van der Waals surface area contributed by atoms with Crippen molar-refractivity contribution in [2.24, 2.45) is 4.99 Å². The van der Waals surface area contributed by atoms with Crippen molar-refractivity contribution in [3.8, 4) is 0 Å². The molecule has 1 N–H and O–H groups in total. The number of likely N-dealkylation sites (N-methyl/N-ethyl adjacent to an activating group) is 1. The lowest BCUT2D eigenvalue weighted by atomic mass is 10.0. The van der Waals surface area contributed by atoms with E-state index in [1.165, 1.54) is 27.4 Å². The Balaban J connectivity index is 1.57. The van der Waals surface area contributed by atoms with Crippen molar-refractivity contribution in [2.45, 2.75) is 39.7 Å². The average Bonchev–Trinajstić information content (AvgIpc) is 3.26. The van der Waals surface area contributed by atoms with Gasteiger partial charge in [0.05, 0.1) is 11.3 Å². The first-order valence-corrected chi connectivity index (χ1v) is 11.4. The van der Waals surface area contributed by atoms with Crippen LogP contribution in [0, 0.1) is 6.92 Å². The van der Waals surface area contributed by atoms with E-state index in [2.05, 4.69) is 65.8 Å². The molecule has 0 bridgehead atoms. The molecule has 0 saturated carbocycles. The average molecular weight is 401 g/mol. The van der Waals surface area contributed by atoms with E-state index >= 15 is 0 Å². The van der Waals surface area contributed by atoms with Crippen LogP contribution in [0.15, 0.2) is 39.3 Å². The van der Waals surface area contributed by atoms with Crippen LogP contribution in [0.2, 0.25) is 0 Å². The van der Waals surface area contributed by atoms with Gasteiger partial charge in [0.1, 0.15) is 10.8 Å². The number of hydrogen-bond donors (Lipinski definition) is 1. The van der Waals surface area contributed by atoms with Crippen LogP contribution in [0.5, 0.6) is 0 Å². The second-order valence-electron chi connectivity index (χ2n) is 7.62. The van der Waals surface area contributed by atoms with Gasteiger partial charge in [0, 0.05) is 36.3 Å². The maximum Gasteiger partial charge on any atom is 0.139 e. The van der Waals surface area contributed by atoms with Crippen LogP contribution >= 0.6 is 22.7 Å². The Morgan fingerprint density at radius 3 is 2.89 bits per heavy atom. The Labute approximate surface area is 170 Å². The monoisotopic (exact) mass is 400 g/mol. The van der Waals surface area contributed by atoms with Crippen molar-refractivity contribution < 1.29 is 0 Å². The van der Waals surface area contributed by atoms with Gasteiger partial charge in [-0.3, -0.25) is 4.90 Å². The number of hydrogen-bond acceptors (Lipinski definition) is 6. The fourth-order valence-corrected chi connectivity index (χ4v) is 5.46. The first kappa shape index (κ1) is 18.7. The molecule has 1 saturated heterocycles. The summed E-state index contributed by atoms with van der Waals surface area (Å²) in [7, 11) is 2.27. The summed E-state index contributed by atoms with van der Waals surface area (Å²) in [5.41, 5.74) is 4.96. The fraction of sp³-hybridized carbons (Fsp3) is 0.476. The lowest BCUT2D eigenvalue weighted by molar-refractivity contribution is 0.134. The van der Waals surface area contributed by atoms with Crippen LogP contribution in [-0.2, 0) is 6.42 Å². The minimum atomic E-state index is 0.561. The van der Waals surface area contributed by atoms with Crippen LogP contribution in [0.1, 0.15) is 36.3 Å². The molecule has 2 aliphatic rings. The van der Waals surface area contributed by atoms with E-state index in [0.717, 1.165) is 43.3 Å². The van der Waals surface area contributed by atoms with E-state index in [1.54, 1.807) is 11.3 Å². The maximum absolute atomic E-state index is 5.05. The Morgan fingerprint density at radius 1 is 1.26 bits per heavy atom. The largest absolute Gasteiger partial charge is 0.353 e. The molecular formula is C21H28N4S2. The zero-order valence-electron chi connectivity index (χ0n) is 16.6. The summed E-state index contributed by atoms with van der Waals surface area (Å²) in [5.74, 6) is 1.14. The number of amidine groups is 1. The summed E-state index contributed by atoms with van der Waals surface area (Å²) < 4.78 is 0. The van der Waals surface area contributed by atoms with E-state index in [4.69, 9.17) is 4.99 Å². The third-order valence-electron chi connectivity index (χ3n) is 5.64. The molecule has 0 spiro atoms. The van der Waals surface area contributed by atoms with Crippen LogP contribution in [0.3, 0.4) is 0 Å². The van der Waals surface area contributed by atoms with E-state index in [0.29, 0.717) is 6.04 Å². The van der Waals surface area contributed by atoms with Gasteiger partial charge in [-0.1, -0.05) is 0 Å². The number of anilines is 1. The molecule has 1 unspecified atom stereocenters. The Kier molecular flexibility index (Phi) is 5.39. The molecule has 4 nitrogen and oxygen atoms in total. The van der Waals surface area contributed by atoms with Crippen LogP contribution in [0.25, 0.3) is 0 Å². The third-order valence-corrected chi connectivity index (χ3v) is 7.33. The van der Waals surface area contributed by atoms with Gasteiger partial charge >= 0.3 is 0 Å². The molecule has 1 atom stereocenters. The molecule has 0 amide bonds. The van der Waals surface area contributed by atoms with Gasteiger partial charge in [0.2, 0.25) is 0 Å². The molecule has 4 heterocycles. The minimum absolute atomic E-state index is 0.561. The fourth-order valence-electron chi connectivity index (χ4n) is 3.80. The van der Waals surface area contributed by atoms with E-state index in [9.17, 15) is 0 Å². The molecule has 4 rings (SSSR count). The maximum atomic E-state index is 5.05. The number of nitrogens with zero attached hydrogens (tertiary/aromatic N) is 3. The molecule has 2 aliphatic heterocycles. The van der Waals surface area contributed by atoms with Gasteiger partial charge in [-0.05, 0) is 69.1 Å². The first-order valence-electron chi connectivity index (χ1n) is 9.61. The molecule has 144 valence electrons. The molecular weight excluding hydrogens is 372 g/mol. The number of allylic oxidation sites excluding steroid dienone is 2. The summed E-state index contributed by atoms with van der Waals surface area (Å²) in [6, 6.07) is 5.10. The predicted molar refractivity (Wildman–Crippen MR) is 118 cm³/mol. The van der Waals surface area contributed by atoms with Crippen molar-refractivity contribution in [1.82, 2.24) is 9.80 Å². The molecule has 27 heavy (non-hydrogen) atoms. The van der Waals surface area contributed by atoms with E-state index < -0.39 is 0 Å². The number of fused-ring (bicyclic) bond motifs is 1. The second-order valence-corrected chi connectivity index (χ2v) is 9.66. The molecule has 0 radical (unpaired) electrons. The summed E-state index contributed by atoms with van der Waals surface area (Å²) in [4.78, 5) is 11.4. The molecule has 0 aromatic carbocycles. The van der Waals surface area contributed by atoms with E-state index in [1.807, 2.05) is 11.3 Å². The molecule has 0 aliphatic carbocycles. The quantitative estimate of drug-likeness (QED) is 0.804. The summed E-state index contributed by atoms with van der Waals surface area (Å²) in [6.07, 6.45) is 2.35. The first-order chi connectivity index (χ1) is 13.0. The van der Waals surface area contributed by atoms with Crippen molar-refractivity contribution in [3.63, 3.8) is 0 Å². The zero-order valence-corrected chi connectivity index (χ0v) is 18.2. The van der Waals surface area contributed by atoms with Crippen LogP contribution in [-0.4, -0.2) is 48.4 Å². The highest BCUT2D eigenvalue weighted by molar-refractivity contribution is 7.16. The topological polar surface area (TPSA) is 30.9 Å². The predicted octanol–water partition coefficient (Wildman–Crippen LogP) is 4.79. The lowest BCUT2D eigenvalue weighted by Crippen LogP contribution is -2.53. The summed E-state index contributed by atoms with van der Waals surface area (Å²) >= 11 is 3.62. The summed E-state index contributed by atoms with van der Waals surface area (Å²) in [6.45, 7) is 9.56. The van der Waals surface area contributed by atoms with Crippen molar-refractivity contribution in [2.75, 3.05) is 32.0 Å². The smallest absolute Gasteiger partial charge is 0.139 e. The van der Waals surface area contributed by atoms with Gasteiger partial charge in [0.15, 0.2) is 0 Å². The molecule has 2 aromatic heterocycles. The van der Waals surface area contributed by atoms with Gasteiger partial charge in [-0.2, -0.15) is 11.3 Å².